The molecule has 1 fully saturated rings. The Balaban J connectivity index is 1.70. The molecule has 5 nitrogen and oxygen atoms in total. The van der Waals surface area contributed by atoms with Crippen LogP contribution in [0.25, 0.3) is 0 Å². The Morgan fingerprint density at radius 1 is 1.23 bits per heavy atom. The third kappa shape index (κ3) is 4.42. The highest BCUT2D eigenvalue weighted by Crippen LogP contribution is 2.28. The predicted molar refractivity (Wildman–Crippen MR) is 108 cm³/mol. The molecule has 26 heavy (non-hydrogen) atoms. The van der Waals surface area contributed by atoms with E-state index in [2.05, 4.69) is 24.2 Å². The number of thiocarbonyl (C=S) groups is 1. The Bertz CT molecular complexity index is 834. The summed E-state index contributed by atoms with van der Waals surface area (Å²) in [6.45, 7) is 2.51. The van der Waals surface area contributed by atoms with Gasteiger partial charge in [0.2, 0.25) is 0 Å². The van der Waals surface area contributed by atoms with E-state index < -0.39 is 0 Å². The Kier molecular flexibility index (Phi) is 5.90. The lowest BCUT2D eigenvalue weighted by Crippen LogP contribution is -2.22. The molecule has 134 valence electrons. The number of rotatable bonds is 6. The number of nitrogens with zero attached hydrogens (tertiary/aromatic N) is 2. The molecule has 1 heterocycles. The fraction of sp³-hybridized carbons (Fsp3) is 0.211. The topological polar surface area (TPSA) is 51.1 Å². The maximum Gasteiger partial charge on any atom is 0.259 e. The first kappa shape index (κ1) is 18.4. The van der Waals surface area contributed by atoms with Gasteiger partial charge in [0.25, 0.3) is 5.91 Å². The lowest BCUT2D eigenvalue weighted by atomic mass is 10.2. The van der Waals surface area contributed by atoms with Gasteiger partial charge in [-0.3, -0.25) is 4.79 Å². The SMILES string of the molecule is COc1cc(/C=N/N2C(=O)CSC2=S)ccc1OCc1ccc(C)cc1. The van der Waals surface area contributed by atoms with Crippen LogP contribution in [0, 0.1) is 6.92 Å². The molecule has 1 aliphatic heterocycles. The van der Waals surface area contributed by atoms with Gasteiger partial charge in [-0.05, 0) is 36.2 Å². The van der Waals surface area contributed by atoms with E-state index in [-0.39, 0.29) is 5.91 Å². The summed E-state index contributed by atoms with van der Waals surface area (Å²) in [6, 6.07) is 13.7. The molecule has 7 heteroatoms. The molecule has 3 rings (SSSR count). The molecule has 0 aliphatic carbocycles. The Morgan fingerprint density at radius 3 is 2.65 bits per heavy atom. The normalized spacial score (nSPS) is 14.3. The fourth-order valence-corrected chi connectivity index (χ4v) is 3.28. The molecular weight excluding hydrogens is 368 g/mol. The molecular formula is C19H18N2O3S2. The third-order valence-electron chi connectivity index (χ3n) is 3.75. The minimum Gasteiger partial charge on any atom is -0.493 e. The van der Waals surface area contributed by atoms with Crippen molar-refractivity contribution in [1.82, 2.24) is 5.01 Å². The molecule has 2 aromatic rings. The van der Waals surface area contributed by atoms with Crippen LogP contribution in [0.1, 0.15) is 16.7 Å². The van der Waals surface area contributed by atoms with Gasteiger partial charge in [-0.2, -0.15) is 10.1 Å². The van der Waals surface area contributed by atoms with Crippen LogP contribution in [0.5, 0.6) is 11.5 Å². The van der Waals surface area contributed by atoms with Crippen molar-refractivity contribution in [3.63, 3.8) is 0 Å². The predicted octanol–water partition coefficient (Wildman–Crippen LogP) is 3.78. The van der Waals surface area contributed by atoms with Crippen LogP contribution in [-0.2, 0) is 11.4 Å². The third-order valence-corrected chi connectivity index (χ3v) is 5.09. The minimum atomic E-state index is -0.110. The maximum absolute atomic E-state index is 11.7. The van der Waals surface area contributed by atoms with Crippen LogP contribution in [0.2, 0.25) is 0 Å². The number of amides is 1. The molecule has 0 bridgehead atoms. The summed E-state index contributed by atoms with van der Waals surface area (Å²) >= 11 is 6.41. The first-order chi connectivity index (χ1) is 12.6. The molecule has 0 atom stereocenters. The molecule has 0 N–H and O–H groups in total. The molecule has 1 saturated heterocycles. The van der Waals surface area contributed by atoms with Crippen molar-refractivity contribution >= 4 is 40.4 Å². The van der Waals surface area contributed by atoms with Gasteiger partial charge in [0.15, 0.2) is 15.8 Å². The lowest BCUT2D eigenvalue weighted by Gasteiger charge is -2.12. The molecule has 0 saturated carbocycles. The highest BCUT2D eigenvalue weighted by atomic mass is 32.2. The number of thioether (sulfide) groups is 1. The summed E-state index contributed by atoms with van der Waals surface area (Å²) in [4.78, 5) is 11.7. The zero-order chi connectivity index (χ0) is 18.5. The summed E-state index contributed by atoms with van der Waals surface area (Å²) in [6.07, 6.45) is 1.59. The second kappa shape index (κ2) is 8.33. The van der Waals surface area contributed by atoms with Crippen molar-refractivity contribution in [2.45, 2.75) is 13.5 Å². The fourth-order valence-electron chi connectivity index (χ4n) is 2.31. The number of methoxy groups -OCH3 is 1. The Morgan fingerprint density at radius 2 is 2.00 bits per heavy atom. The van der Waals surface area contributed by atoms with Crippen LogP contribution in [0.15, 0.2) is 47.6 Å². The van der Waals surface area contributed by atoms with E-state index in [0.717, 1.165) is 11.1 Å². The first-order valence-electron chi connectivity index (χ1n) is 7.97. The minimum absolute atomic E-state index is 0.110. The van der Waals surface area contributed by atoms with Gasteiger partial charge in [-0.25, -0.2) is 0 Å². The highest BCUT2D eigenvalue weighted by Gasteiger charge is 2.25. The van der Waals surface area contributed by atoms with Gasteiger partial charge in [0.05, 0.1) is 19.1 Å². The van der Waals surface area contributed by atoms with E-state index in [9.17, 15) is 4.79 Å². The molecule has 0 unspecified atom stereocenters. The zero-order valence-corrected chi connectivity index (χ0v) is 16.1. The van der Waals surface area contributed by atoms with Crippen molar-refractivity contribution in [3.8, 4) is 11.5 Å². The van der Waals surface area contributed by atoms with Crippen molar-refractivity contribution in [2.24, 2.45) is 5.10 Å². The summed E-state index contributed by atoms with van der Waals surface area (Å²) in [7, 11) is 1.59. The van der Waals surface area contributed by atoms with Gasteiger partial charge in [0, 0.05) is 0 Å². The Labute approximate surface area is 162 Å². The number of carbonyl (C=O) groups excluding carboxylic acids is 1. The molecule has 0 aromatic heterocycles. The molecule has 2 aromatic carbocycles. The standard InChI is InChI=1S/C19H18N2O3S2/c1-13-3-5-14(6-4-13)11-24-16-8-7-15(9-17(16)23-2)10-20-21-18(22)12-26-19(21)25/h3-10H,11-12H2,1-2H3/b20-10+. The van der Waals surface area contributed by atoms with E-state index in [4.69, 9.17) is 21.7 Å². The maximum atomic E-state index is 11.7. The number of benzene rings is 2. The van der Waals surface area contributed by atoms with Gasteiger partial charge in [-0.15, -0.1) is 0 Å². The molecule has 0 spiro atoms. The summed E-state index contributed by atoms with van der Waals surface area (Å²) in [5, 5.41) is 5.41. The zero-order valence-electron chi connectivity index (χ0n) is 14.5. The molecule has 0 radical (unpaired) electrons. The van der Waals surface area contributed by atoms with Gasteiger partial charge < -0.3 is 9.47 Å². The van der Waals surface area contributed by atoms with Gasteiger partial charge in [0.1, 0.15) is 6.61 Å². The average Bonchev–Trinajstić information content (AvgIpc) is 2.97. The van der Waals surface area contributed by atoms with E-state index in [1.165, 1.54) is 22.3 Å². The summed E-state index contributed by atoms with van der Waals surface area (Å²) in [5.41, 5.74) is 3.09. The number of hydrogen-bond acceptors (Lipinski definition) is 6. The lowest BCUT2D eigenvalue weighted by molar-refractivity contribution is -0.123. The quantitative estimate of drug-likeness (QED) is 0.559. The van der Waals surface area contributed by atoms with Crippen molar-refractivity contribution in [1.29, 1.82) is 0 Å². The summed E-state index contributed by atoms with van der Waals surface area (Å²) in [5.74, 6) is 1.48. The van der Waals surface area contributed by atoms with Crippen LogP contribution in [0.4, 0.5) is 0 Å². The van der Waals surface area contributed by atoms with Crippen LogP contribution >= 0.6 is 24.0 Å². The van der Waals surface area contributed by atoms with Crippen molar-refractivity contribution in [3.05, 3.63) is 59.2 Å². The van der Waals surface area contributed by atoms with Gasteiger partial charge in [-0.1, -0.05) is 53.8 Å². The number of carbonyl (C=O) groups is 1. The van der Waals surface area contributed by atoms with Crippen molar-refractivity contribution < 1.29 is 14.3 Å². The molecule has 1 aliphatic rings. The number of hydrazone groups is 1. The van der Waals surface area contributed by atoms with Gasteiger partial charge >= 0.3 is 0 Å². The largest absolute Gasteiger partial charge is 0.493 e. The van der Waals surface area contributed by atoms with E-state index in [1.54, 1.807) is 13.3 Å². The average molecular weight is 386 g/mol. The van der Waals surface area contributed by atoms with Crippen molar-refractivity contribution in [2.75, 3.05) is 12.9 Å². The summed E-state index contributed by atoms with van der Waals surface area (Å²) < 4.78 is 11.7. The monoisotopic (exact) mass is 386 g/mol. The second-order valence-corrected chi connectivity index (χ2v) is 7.30. The smallest absolute Gasteiger partial charge is 0.259 e. The Hall–Kier alpha value is -2.38. The van der Waals surface area contributed by atoms with Crippen LogP contribution in [0.3, 0.4) is 0 Å². The van der Waals surface area contributed by atoms with Crippen LogP contribution < -0.4 is 9.47 Å². The number of ether oxygens (including phenoxy) is 2. The van der Waals surface area contributed by atoms with Crippen LogP contribution in [-0.4, -0.2) is 34.3 Å². The van der Waals surface area contributed by atoms with E-state index in [0.29, 0.717) is 28.2 Å². The second-order valence-electron chi connectivity index (χ2n) is 5.69. The highest BCUT2D eigenvalue weighted by molar-refractivity contribution is 8.23. The first-order valence-corrected chi connectivity index (χ1v) is 9.36. The van der Waals surface area contributed by atoms with E-state index in [1.807, 2.05) is 30.3 Å². The van der Waals surface area contributed by atoms with E-state index >= 15 is 0 Å². The number of hydrogen-bond donors (Lipinski definition) is 0. The number of aryl methyl sites for hydroxylation is 1. The molecule has 1 amide bonds.